The van der Waals surface area contributed by atoms with Crippen LogP contribution in [0.2, 0.25) is 0 Å². The van der Waals surface area contributed by atoms with Gasteiger partial charge < -0.3 is 20.5 Å². The first-order valence-corrected chi connectivity index (χ1v) is 7.97. The van der Waals surface area contributed by atoms with Crippen LogP contribution in [0.4, 0.5) is 5.69 Å². The highest BCUT2D eigenvalue weighted by Crippen LogP contribution is 2.32. The molecule has 5 N–H and O–H groups in total. The van der Waals surface area contributed by atoms with Crippen molar-refractivity contribution in [1.29, 1.82) is 5.41 Å². The number of hydrogen-bond acceptors (Lipinski definition) is 4. The van der Waals surface area contributed by atoms with Gasteiger partial charge >= 0.3 is 0 Å². The van der Waals surface area contributed by atoms with Gasteiger partial charge in [0.25, 0.3) is 0 Å². The second kappa shape index (κ2) is 8.59. The lowest BCUT2D eigenvalue weighted by Crippen LogP contribution is -2.43. The van der Waals surface area contributed by atoms with Crippen LogP contribution in [-0.2, 0) is 6.54 Å². The second-order valence-electron chi connectivity index (χ2n) is 5.02. The summed E-state index contributed by atoms with van der Waals surface area (Å²) in [6.07, 6.45) is 0. The monoisotopic (exact) mass is 425 g/mol. The van der Waals surface area contributed by atoms with Crippen LogP contribution in [0.3, 0.4) is 0 Å². The zero-order valence-corrected chi connectivity index (χ0v) is 15.5. The van der Waals surface area contributed by atoms with E-state index in [-0.39, 0.29) is 25.2 Å². The number of benzene rings is 2. The SMILES string of the molecule is Cl.N=C(N)NC(=Nc1ccc(Br)cc1)NCc1ccc2c(c1)OCO2. The second-order valence-corrected chi connectivity index (χ2v) is 5.93. The molecule has 25 heavy (non-hydrogen) atoms. The minimum atomic E-state index is -0.191. The molecule has 9 heteroatoms. The fourth-order valence-electron chi connectivity index (χ4n) is 2.12. The summed E-state index contributed by atoms with van der Waals surface area (Å²) >= 11 is 3.38. The Hall–Kier alpha value is -2.45. The van der Waals surface area contributed by atoms with Gasteiger partial charge in [-0.15, -0.1) is 12.4 Å². The van der Waals surface area contributed by atoms with Gasteiger partial charge in [0.05, 0.1) is 5.69 Å². The fourth-order valence-corrected chi connectivity index (χ4v) is 2.38. The third kappa shape index (κ3) is 5.27. The van der Waals surface area contributed by atoms with Crippen LogP contribution in [0.1, 0.15) is 5.56 Å². The van der Waals surface area contributed by atoms with Gasteiger partial charge in [-0.25, -0.2) is 4.99 Å². The molecule has 0 bridgehead atoms. The average Bonchev–Trinajstić information content (AvgIpc) is 3.02. The van der Waals surface area contributed by atoms with Crippen LogP contribution < -0.4 is 25.8 Å². The van der Waals surface area contributed by atoms with Crippen LogP contribution in [-0.4, -0.2) is 18.7 Å². The molecule has 1 aliphatic rings. The highest BCUT2D eigenvalue weighted by Gasteiger charge is 2.13. The molecule has 132 valence electrons. The predicted molar refractivity (Wildman–Crippen MR) is 103 cm³/mol. The van der Waals surface area contributed by atoms with Crippen molar-refractivity contribution in [2.45, 2.75) is 6.54 Å². The van der Waals surface area contributed by atoms with Gasteiger partial charge in [0, 0.05) is 11.0 Å². The zero-order valence-electron chi connectivity index (χ0n) is 13.1. The van der Waals surface area contributed by atoms with Gasteiger partial charge in [0.15, 0.2) is 17.5 Å². The van der Waals surface area contributed by atoms with E-state index in [1.807, 2.05) is 42.5 Å². The van der Waals surface area contributed by atoms with Crippen molar-refractivity contribution in [2.24, 2.45) is 10.7 Å². The first kappa shape index (κ1) is 18.9. The van der Waals surface area contributed by atoms with E-state index in [4.69, 9.17) is 20.6 Å². The summed E-state index contributed by atoms with van der Waals surface area (Å²) in [5.74, 6) is 1.66. The lowest BCUT2D eigenvalue weighted by atomic mass is 10.2. The molecular weight excluding hydrogens is 410 g/mol. The normalized spacial score (nSPS) is 12.3. The van der Waals surface area contributed by atoms with Crippen LogP contribution >= 0.6 is 28.3 Å². The highest BCUT2D eigenvalue weighted by molar-refractivity contribution is 9.10. The number of nitrogens with zero attached hydrogens (tertiary/aromatic N) is 1. The molecule has 0 amide bonds. The Balaban J connectivity index is 0.00000225. The van der Waals surface area contributed by atoms with Crippen LogP contribution in [0, 0.1) is 5.41 Å². The Morgan fingerprint density at radius 3 is 2.60 bits per heavy atom. The van der Waals surface area contributed by atoms with Gasteiger partial charge in [0.1, 0.15) is 0 Å². The van der Waals surface area contributed by atoms with Crippen molar-refractivity contribution in [2.75, 3.05) is 6.79 Å². The number of nitrogens with two attached hydrogens (primary N) is 1. The maximum atomic E-state index is 7.41. The number of hydrogen-bond donors (Lipinski definition) is 4. The van der Waals surface area contributed by atoms with Crippen molar-refractivity contribution in [3.05, 3.63) is 52.5 Å². The number of halogens is 2. The third-order valence-corrected chi connectivity index (χ3v) is 3.75. The number of aliphatic imine (C=N–C) groups is 1. The van der Waals surface area contributed by atoms with E-state index in [0.29, 0.717) is 12.5 Å². The number of rotatable bonds is 3. The molecule has 7 nitrogen and oxygen atoms in total. The summed E-state index contributed by atoms with van der Waals surface area (Å²) in [7, 11) is 0. The lowest BCUT2D eigenvalue weighted by molar-refractivity contribution is 0.174. The van der Waals surface area contributed by atoms with E-state index >= 15 is 0 Å². The standard InChI is InChI=1S/C16H16BrN5O2.ClH/c17-11-2-4-12(5-3-11)21-16(22-15(18)19)20-8-10-1-6-13-14(7-10)24-9-23-13;/h1-7H,8-9H2,(H5,18,19,20,21,22);1H. The first-order chi connectivity index (χ1) is 11.6. The lowest BCUT2D eigenvalue weighted by Gasteiger charge is -2.11. The van der Waals surface area contributed by atoms with E-state index < -0.39 is 0 Å². The van der Waals surface area contributed by atoms with Crippen molar-refractivity contribution in [3.8, 4) is 11.5 Å². The van der Waals surface area contributed by atoms with E-state index in [1.54, 1.807) is 0 Å². The fraction of sp³-hybridized carbons (Fsp3) is 0.125. The Morgan fingerprint density at radius 2 is 1.88 bits per heavy atom. The number of nitrogens with one attached hydrogen (secondary N) is 3. The molecule has 0 atom stereocenters. The van der Waals surface area contributed by atoms with Gasteiger partial charge in [-0.05, 0) is 42.0 Å². The smallest absolute Gasteiger partial charge is 0.231 e. The maximum Gasteiger partial charge on any atom is 0.231 e. The van der Waals surface area contributed by atoms with Crippen molar-refractivity contribution in [3.63, 3.8) is 0 Å². The molecule has 0 unspecified atom stereocenters. The summed E-state index contributed by atoms with van der Waals surface area (Å²) < 4.78 is 11.6. The first-order valence-electron chi connectivity index (χ1n) is 7.18. The van der Waals surface area contributed by atoms with E-state index in [0.717, 1.165) is 27.2 Å². The summed E-state index contributed by atoms with van der Waals surface area (Å²) in [5, 5.41) is 13.2. The molecule has 0 aliphatic carbocycles. The van der Waals surface area contributed by atoms with Crippen molar-refractivity contribution < 1.29 is 9.47 Å². The molecule has 0 saturated heterocycles. The Bertz CT molecular complexity index is 783. The molecule has 1 heterocycles. The number of fused-ring (bicyclic) bond motifs is 1. The average molecular weight is 427 g/mol. The molecule has 1 aliphatic heterocycles. The quantitative estimate of drug-likeness (QED) is 0.446. The van der Waals surface area contributed by atoms with E-state index in [9.17, 15) is 0 Å². The Morgan fingerprint density at radius 1 is 1.16 bits per heavy atom. The molecule has 0 spiro atoms. The van der Waals surface area contributed by atoms with Gasteiger partial charge in [-0.2, -0.15) is 0 Å². The maximum absolute atomic E-state index is 7.41. The van der Waals surface area contributed by atoms with E-state index in [2.05, 4.69) is 31.6 Å². The molecule has 2 aromatic carbocycles. The number of ether oxygens (including phenoxy) is 2. The van der Waals surface area contributed by atoms with Crippen molar-refractivity contribution >= 4 is 45.9 Å². The van der Waals surface area contributed by atoms with E-state index in [1.165, 1.54) is 0 Å². The zero-order chi connectivity index (χ0) is 16.9. The van der Waals surface area contributed by atoms with Gasteiger partial charge in [0.2, 0.25) is 12.8 Å². The summed E-state index contributed by atoms with van der Waals surface area (Å²) in [5.41, 5.74) is 7.15. The molecule has 2 aromatic rings. The van der Waals surface area contributed by atoms with Crippen molar-refractivity contribution in [1.82, 2.24) is 10.6 Å². The minimum absolute atomic E-state index is 0. The summed E-state index contributed by atoms with van der Waals surface area (Å²) in [6.45, 7) is 0.737. The van der Waals surface area contributed by atoms with Crippen LogP contribution in [0.25, 0.3) is 0 Å². The van der Waals surface area contributed by atoms with Crippen LogP contribution in [0.5, 0.6) is 11.5 Å². The highest BCUT2D eigenvalue weighted by atomic mass is 79.9. The van der Waals surface area contributed by atoms with Crippen LogP contribution in [0.15, 0.2) is 51.9 Å². The molecule has 0 aromatic heterocycles. The Kier molecular flexibility index (Phi) is 6.49. The molecule has 0 saturated carbocycles. The minimum Gasteiger partial charge on any atom is -0.454 e. The topological polar surface area (TPSA) is 105 Å². The number of guanidine groups is 2. The van der Waals surface area contributed by atoms with Gasteiger partial charge in [-0.3, -0.25) is 10.7 Å². The molecular formula is C16H17BrClN5O2. The summed E-state index contributed by atoms with van der Waals surface area (Å²) in [6, 6.07) is 13.2. The third-order valence-electron chi connectivity index (χ3n) is 3.22. The summed E-state index contributed by atoms with van der Waals surface area (Å²) in [4.78, 5) is 4.42. The van der Waals surface area contributed by atoms with Gasteiger partial charge in [-0.1, -0.05) is 22.0 Å². The molecule has 3 rings (SSSR count). The largest absolute Gasteiger partial charge is 0.454 e. The predicted octanol–water partition coefficient (Wildman–Crippen LogP) is 2.86. The Labute approximate surface area is 159 Å². The molecule has 0 fully saturated rings. The molecule has 0 radical (unpaired) electrons.